The van der Waals surface area contributed by atoms with Crippen LogP contribution < -0.4 is 19.5 Å². The fourth-order valence-corrected chi connectivity index (χ4v) is 5.89. The van der Waals surface area contributed by atoms with E-state index in [1.54, 1.807) is 39.2 Å². The van der Waals surface area contributed by atoms with Crippen molar-refractivity contribution in [3.8, 4) is 17.2 Å². The van der Waals surface area contributed by atoms with Crippen LogP contribution in [0.1, 0.15) is 49.7 Å². The van der Waals surface area contributed by atoms with Gasteiger partial charge in [0.1, 0.15) is 12.4 Å². The highest BCUT2D eigenvalue weighted by molar-refractivity contribution is 7.99. The molecule has 0 bridgehead atoms. The van der Waals surface area contributed by atoms with Crippen molar-refractivity contribution in [1.29, 1.82) is 0 Å². The fraction of sp³-hybridized carbons (Fsp3) is 0.400. The Bertz CT molecular complexity index is 1270. The number of ether oxygens (including phenoxy) is 4. The van der Waals surface area contributed by atoms with Gasteiger partial charge in [0.05, 0.1) is 32.8 Å². The van der Waals surface area contributed by atoms with E-state index in [9.17, 15) is 9.59 Å². The number of methoxy groups -OCH3 is 3. The van der Waals surface area contributed by atoms with Crippen LogP contribution in [-0.2, 0) is 14.3 Å². The minimum absolute atomic E-state index is 0.0242. The Hall–Kier alpha value is -3.39. The first-order valence-corrected chi connectivity index (χ1v) is 13.9. The number of benzene rings is 2. The predicted molar refractivity (Wildman–Crippen MR) is 149 cm³/mol. The maximum Gasteiger partial charge on any atom is 0.336 e. The van der Waals surface area contributed by atoms with E-state index >= 15 is 0 Å². The molecule has 1 aliphatic heterocycles. The van der Waals surface area contributed by atoms with Crippen molar-refractivity contribution in [2.75, 3.05) is 39.4 Å². The zero-order valence-electron chi connectivity index (χ0n) is 22.6. The average molecular weight is 538 g/mol. The molecule has 0 saturated carbocycles. The summed E-state index contributed by atoms with van der Waals surface area (Å²) in [6.07, 6.45) is 0.912. The number of para-hydroxylation sites is 2. The molecule has 4 rings (SSSR count). The highest BCUT2D eigenvalue weighted by Gasteiger charge is 2.43. The first kappa shape index (κ1) is 27.6. The standard InChI is InChI=1S/C30H35NO6S/c1-6-38-15-14-37-30(33)26-18(2)31-22-16-19(20-10-7-8-12-24(20)34-3)17-23(32)28(22)27(26)21-11-9-13-25(35-4)29(21)36-5/h7-13,19,27,31H,6,14-17H2,1-5H3/t19-,27-/m1/s1. The Kier molecular flexibility index (Phi) is 9.05. The number of nitrogens with one attached hydrogen (secondary N) is 1. The number of dihydropyridines is 1. The molecule has 2 aliphatic rings. The van der Waals surface area contributed by atoms with Gasteiger partial charge in [-0.05, 0) is 36.8 Å². The van der Waals surface area contributed by atoms with Crippen LogP contribution in [-0.4, -0.2) is 51.2 Å². The molecule has 2 aromatic rings. The Morgan fingerprint density at radius 3 is 2.39 bits per heavy atom. The normalized spacial score (nSPS) is 19.0. The summed E-state index contributed by atoms with van der Waals surface area (Å²) in [7, 11) is 4.77. The number of ketones is 1. The van der Waals surface area contributed by atoms with E-state index in [1.165, 1.54) is 0 Å². The van der Waals surface area contributed by atoms with Gasteiger partial charge >= 0.3 is 5.97 Å². The van der Waals surface area contributed by atoms with Crippen molar-refractivity contribution >= 4 is 23.5 Å². The zero-order valence-corrected chi connectivity index (χ0v) is 23.4. The molecule has 0 amide bonds. The summed E-state index contributed by atoms with van der Waals surface area (Å²) in [6.45, 7) is 4.22. The lowest BCUT2D eigenvalue weighted by molar-refractivity contribution is -0.138. The van der Waals surface area contributed by atoms with Gasteiger partial charge in [-0.1, -0.05) is 37.3 Å². The molecular formula is C30H35NO6S. The molecule has 1 heterocycles. The van der Waals surface area contributed by atoms with Gasteiger partial charge in [-0.3, -0.25) is 4.79 Å². The van der Waals surface area contributed by atoms with E-state index < -0.39 is 11.9 Å². The maximum absolute atomic E-state index is 13.9. The summed E-state index contributed by atoms with van der Waals surface area (Å²) in [6, 6.07) is 13.3. The minimum Gasteiger partial charge on any atom is -0.496 e. The molecule has 0 radical (unpaired) electrons. The van der Waals surface area contributed by atoms with Crippen LogP contribution in [0.2, 0.25) is 0 Å². The molecule has 1 aliphatic carbocycles. The van der Waals surface area contributed by atoms with Gasteiger partial charge in [-0.2, -0.15) is 11.8 Å². The zero-order chi connectivity index (χ0) is 27.2. The van der Waals surface area contributed by atoms with Gasteiger partial charge < -0.3 is 24.3 Å². The average Bonchev–Trinajstić information content (AvgIpc) is 2.93. The van der Waals surface area contributed by atoms with Gasteiger partial charge in [0, 0.05) is 40.6 Å². The fourth-order valence-electron chi connectivity index (χ4n) is 5.40. The topological polar surface area (TPSA) is 83.1 Å². The molecule has 0 fully saturated rings. The molecule has 8 heteroatoms. The molecule has 38 heavy (non-hydrogen) atoms. The number of hydrogen-bond donors (Lipinski definition) is 1. The molecule has 0 saturated heterocycles. The molecule has 0 aromatic heterocycles. The molecule has 0 unspecified atom stereocenters. The number of carbonyl (C=O) groups excluding carboxylic acids is 2. The van der Waals surface area contributed by atoms with Crippen LogP contribution in [0.15, 0.2) is 65.0 Å². The van der Waals surface area contributed by atoms with Crippen molar-refractivity contribution in [2.45, 2.75) is 38.5 Å². The highest BCUT2D eigenvalue weighted by Crippen LogP contribution is 2.50. The predicted octanol–water partition coefficient (Wildman–Crippen LogP) is 5.37. The molecular weight excluding hydrogens is 502 g/mol. The van der Waals surface area contributed by atoms with Gasteiger partial charge in [0.2, 0.25) is 0 Å². The number of hydrogen-bond acceptors (Lipinski definition) is 8. The molecule has 0 spiro atoms. The van der Waals surface area contributed by atoms with E-state index in [0.717, 1.165) is 22.8 Å². The van der Waals surface area contributed by atoms with Crippen LogP contribution in [0.5, 0.6) is 17.2 Å². The van der Waals surface area contributed by atoms with Gasteiger partial charge in [-0.25, -0.2) is 4.79 Å². The van der Waals surface area contributed by atoms with Gasteiger partial charge in [-0.15, -0.1) is 0 Å². The van der Waals surface area contributed by atoms with Crippen LogP contribution in [0, 0.1) is 0 Å². The van der Waals surface area contributed by atoms with Crippen molar-refractivity contribution < 1.29 is 28.5 Å². The lowest BCUT2D eigenvalue weighted by Crippen LogP contribution is -2.36. The van der Waals surface area contributed by atoms with E-state index in [-0.39, 0.29) is 11.7 Å². The summed E-state index contributed by atoms with van der Waals surface area (Å²) in [5.41, 5.74) is 4.15. The minimum atomic E-state index is -0.645. The maximum atomic E-state index is 13.9. The van der Waals surface area contributed by atoms with Gasteiger partial charge in [0.25, 0.3) is 0 Å². The lowest BCUT2D eigenvalue weighted by Gasteiger charge is -2.37. The Labute approximate surface area is 228 Å². The third kappa shape index (κ3) is 5.41. The second kappa shape index (κ2) is 12.4. The molecule has 7 nitrogen and oxygen atoms in total. The largest absolute Gasteiger partial charge is 0.496 e. The third-order valence-electron chi connectivity index (χ3n) is 7.04. The second-order valence-corrected chi connectivity index (χ2v) is 10.6. The Morgan fingerprint density at radius 2 is 1.68 bits per heavy atom. The van der Waals surface area contributed by atoms with E-state index in [0.29, 0.717) is 59.1 Å². The SMILES string of the molecule is CCSCCOC(=O)C1=C(C)NC2=C(C(=O)C[C@H](c3ccccc3OC)C2)[C@@H]1c1cccc(OC)c1OC. The highest BCUT2D eigenvalue weighted by atomic mass is 32.2. The summed E-state index contributed by atoms with van der Waals surface area (Å²) >= 11 is 1.71. The van der Waals surface area contributed by atoms with Crippen molar-refractivity contribution in [2.24, 2.45) is 0 Å². The Balaban J connectivity index is 1.81. The van der Waals surface area contributed by atoms with Crippen molar-refractivity contribution in [1.82, 2.24) is 5.32 Å². The number of allylic oxidation sites excluding steroid dienone is 3. The van der Waals surface area contributed by atoms with Crippen molar-refractivity contribution in [3.63, 3.8) is 0 Å². The summed E-state index contributed by atoms with van der Waals surface area (Å²) in [5.74, 6) is 2.29. The molecule has 2 aromatic carbocycles. The van der Waals surface area contributed by atoms with Crippen molar-refractivity contribution in [3.05, 3.63) is 76.1 Å². The van der Waals surface area contributed by atoms with Crippen LogP contribution in [0.4, 0.5) is 0 Å². The van der Waals surface area contributed by atoms with E-state index in [1.807, 2.05) is 43.3 Å². The first-order chi connectivity index (χ1) is 18.4. The van der Waals surface area contributed by atoms with E-state index in [4.69, 9.17) is 18.9 Å². The lowest BCUT2D eigenvalue weighted by atomic mass is 9.71. The van der Waals surface area contributed by atoms with Gasteiger partial charge in [0.15, 0.2) is 17.3 Å². The number of carbonyl (C=O) groups is 2. The second-order valence-electron chi connectivity index (χ2n) is 9.17. The first-order valence-electron chi connectivity index (χ1n) is 12.8. The molecule has 202 valence electrons. The van der Waals surface area contributed by atoms with E-state index in [2.05, 4.69) is 12.2 Å². The Morgan fingerprint density at radius 1 is 0.974 bits per heavy atom. The molecule has 2 atom stereocenters. The van der Waals surface area contributed by atoms with Crippen LogP contribution >= 0.6 is 11.8 Å². The third-order valence-corrected chi connectivity index (χ3v) is 7.90. The number of thioether (sulfide) groups is 1. The quantitative estimate of drug-likeness (QED) is 0.320. The summed E-state index contributed by atoms with van der Waals surface area (Å²) in [4.78, 5) is 27.4. The van der Waals surface area contributed by atoms with Crippen LogP contribution in [0.3, 0.4) is 0 Å². The monoisotopic (exact) mass is 537 g/mol. The smallest absolute Gasteiger partial charge is 0.336 e. The number of rotatable bonds is 10. The molecule has 1 N–H and O–H groups in total. The summed E-state index contributed by atoms with van der Waals surface area (Å²) < 4.78 is 22.6. The van der Waals surface area contributed by atoms with Crippen LogP contribution in [0.25, 0.3) is 0 Å². The number of Topliss-reactive ketones (excluding diaryl/α,β-unsaturated/α-hetero) is 1. The summed E-state index contributed by atoms with van der Waals surface area (Å²) in [5, 5.41) is 3.40. The number of esters is 1.